The molecule has 1 amide bonds. The molecule has 1 aliphatic rings. The number of aryl methyl sites for hydroxylation is 1. The lowest BCUT2D eigenvalue weighted by Crippen LogP contribution is -2.32. The highest BCUT2D eigenvalue weighted by molar-refractivity contribution is 6.01. The van der Waals surface area contributed by atoms with Crippen LogP contribution in [0.2, 0.25) is 0 Å². The minimum atomic E-state index is -0.0972. The van der Waals surface area contributed by atoms with Gasteiger partial charge in [-0.2, -0.15) is 0 Å². The molecule has 3 nitrogen and oxygen atoms in total. The van der Waals surface area contributed by atoms with Crippen molar-refractivity contribution in [1.82, 2.24) is 9.47 Å². The first-order valence-electron chi connectivity index (χ1n) is 10.1. The molecule has 0 saturated heterocycles. The molecule has 4 aromatic rings. The fourth-order valence-electron chi connectivity index (χ4n) is 4.82. The van der Waals surface area contributed by atoms with Gasteiger partial charge in [0.15, 0.2) is 0 Å². The van der Waals surface area contributed by atoms with E-state index in [0.29, 0.717) is 0 Å². The molecule has 3 aromatic carbocycles. The maximum atomic E-state index is 13.6. The summed E-state index contributed by atoms with van der Waals surface area (Å²) in [4.78, 5) is 15.6. The van der Waals surface area contributed by atoms with Crippen molar-refractivity contribution < 1.29 is 4.79 Å². The molecule has 0 radical (unpaired) electrons. The zero-order valence-corrected chi connectivity index (χ0v) is 17.0. The summed E-state index contributed by atoms with van der Waals surface area (Å²) in [6.45, 7) is 4.29. The summed E-state index contributed by atoms with van der Waals surface area (Å²) in [5.41, 5.74) is 6.68. The third kappa shape index (κ3) is 2.54. The summed E-state index contributed by atoms with van der Waals surface area (Å²) in [5.74, 6) is 0.106. The van der Waals surface area contributed by atoms with E-state index in [2.05, 4.69) is 72.8 Å². The second-order valence-corrected chi connectivity index (χ2v) is 7.86. The van der Waals surface area contributed by atoms with E-state index in [1.807, 2.05) is 36.4 Å². The minimum Gasteiger partial charge on any atom is -0.348 e. The molecule has 5 rings (SSSR count). The molecule has 0 N–H and O–H groups in total. The number of para-hydroxylation sites is 1. The second-order valence-electron chi connectivity index (χ2n) is 7.86. The first-order valence-corrected chi connectivity index (χ1v) is 10.1. The Morgan fingerprint density at radius 2 is 1.52 bits per heavy atom. The lowest BCUT2D eigenvalue weighted by atomic mass is 9.94. The van der Waals surface area contributed by atoms with Crippen LogP contribution in [0.3, 0.4) is 0 Å². The Morgan fingerprint density at radius 3 is 2.31 bits per heavy atom. The van der Waals surface area contributed by atoms with Crippen LogP contribution in [0.1, 0.15) is 51.7 Å². The van der Waals surface area contributed by atoms with Crippen molar-refractivity contribution in [3.05, 3.63) is 107 Å². The number of aromatic nitrogens is 1. The number of hydrogen-bond acceptors (Lipinski definition) is 1. The number of fused-ring (bicyclic) bond motifs is 2. The molecular weight excluding hydrogens is 356 g/mol. The maximum absolute atomic E-state index is 13.6. The summed E-state index contributed by atoms with van der Waals surface area (Å²) >= 11 is 0. The van der Waals surface area contributed by atoms with E-state index in [1.54, 1.807) is 0 Å². The van der Waals surface area contributed by atoms with E-state index in [1.165, 1.54) is 22.2 Å². The van der Waals surface area contributed by atoms with E-state index in [4.69, 9.17) is 0 Å². The average Bonchev–Trinajstić information content (AvgIpc) is 3.19. The fraction of sp³-hybridized carbons (Fsp3) is 0.192. The van der Waals surface area contributed by atoms with Crippen LogP contribution in [0.15, 0.2) is 78.9 Å². The normalized spacial score (nSPS) is 17.0. The predicted molar refractivity (Wildman–Crippen MR) is 117 cm³/mol. The molecule has 0 aliphatic carbocycles. The third-order valence-electron chi connectivity index (χ3n) is 6.42. The van der Waals surface area contributed by atoms with E-state index < -0.39 is 0 Å². The Balaban J connectivity index is 1.77. The number of nitrogens with zero attached hydrogens (tertiary/aromatic N) is 2. The highest BCUT2D eigenvalue weighted by Gasteiger charge is 2.42. The van der Waals surface area contributed by atoms with E-state index in [0.717, 1.165) is 16.7 Å². The molecule has 29 heavy (non-hydrogen) atoms. The van der Waals surface area contributed by atoms with Gasteiger partial charge >= 0.3 is 0 Å². The molecule has 0 fully saturated rings. The smallest absolute Gasteiger partial charge is 0.255 e. The van der Waals surface area contributed by atoms with E-state index in [-0.39, 0.29) is 18.0 Å². The number of carbonyl (C=O) groups is 1. The second kappa shape index (κ2) is 6.63. The van der Waals surface area contributed by atoms with Crippen molar-refractivity contribution in [2.45, 2.75) is 25.9 Å². The predicted octanol–water partition coefficient (Wildman–Crippen LogP) is 5.79. The Hall–Kier alpha value is -3.33. The Labute approximate surface area is 171 Å². The molecule has 2 atom stereocenters. The molecule has 3 heteroatoms. The maximum Gasteiger partial charge on any atom is 0.255 e. The van der Waals surface area contributed by atoms with Gasteiger partial charge in [0.25, 0.3) is 5.91 Å². The van der Waals surface area contributed by atoms with Crippen molar-refractivity contribution in [2.75, 3.05) is 0 Å². The highest BCUT2D eigenvalue weighted by Crippen LogP contribution is 2.46. The first kappa shape index (κ1) is 17.7. The average molecular weight is 380 g/mol. The minimum absolute atomic E-state index is 0.0283. The number of amides is 1. The summed E-state index contributed by atoms with van der Waals surface area (Å²) in [7, 11) is 2.11. The van der Waals surface area contributed by atoms with Crippen LogP contribution in [0.5, 0.6) is 0 Å². The van der Waals surface area contributed by atoms with Crippen LogP contribution in [0, 0.1) is 6.92 Å². The van der Waals surface area contributed by atoms with Crippen molar-refractivity contribution >= 4 is 16.8 Å². The molecule has 2 heterocycles. The Morgan fingerprint density at radius 1 is 0.862 bits per heavy atom. The van der Waals surface area contributed by atoms with Crippen LogP contribution in [0.4, 0.5) is 0 Å². The van der Waals surface area contributed by atoms with Gasteiger partial charge in [-0.25, -0.2) is 0 Å². The number of carbonyl (C=O) groups excluding carboxylic acids is 1. The van der Waals surface area contributed by atoms with Crippen molar-refractivity contribution in [3.63, 3.8) is 0 Å². The summed E-state index contributed by atoms with van der Waals surface area (Å²) in [6, 6.07) is 26.7. The quantitative estimate of drug-likeness (QED) is 0.441. The molecule has 0 spiro atoms. The number of rotatable bonds is 3. The number of hydrogen-bond donors (Lipinski definition) is 0. The molecule has 0 saturated carbocycles. The lowest BCUT2D eigenvalue weighted by Gasteiger charge is -2.32. The molecule has 0 bridgehead atoms. The van der Waals surface area contributed by atoms with Crippen LogP contribution in [-0.4, -0.2) is 15.4 Å². The van der Waals surface area contributed by atoms with Crippen molar-refractivity contribution in [1.29, 1.82) is 0 Å². The summed E-state index contributed by atoms with van der Waals surface area (Å²) in [6.07, 6.45) is 0. The summed E-state index contributed by atoms with van der Waals surface area (Å²) in [5, 5.41) is 1.22. The monoisotopic (exact) mass is 380 g/mol. The highest BCUT2D eigenvalue weighted by atomic mass is 16.2. The topological polar surface area (TPSA) is 25.2 Å². The van der Waals surface area contributed by atoms with Gasteiger partial charge in [-0.3, -0.25) is 4.79 Å². The fourth-order valence-corrected chi connectivity index (χ4v) is 4.82. The van der Waals surface area contributed by atoms with Gasteiger partial charge < -0.3 is 9.47 Å². The van der Waals surface area contributed by atoms with Crippen LogP contribution < -0.4 is 0 Å². The molecule has 1 aromatic heterocycles. The van der Waals surface area contributed by atoms with Gasteiger partial charge in [0.2, 0.25) is 0 Å². The van der Waals surface area contributed by atoms with Gasteiger partial charge in [0.05, 0.1) is 12.1 Å². The SMILES string of the molecule is Cc1c(C2c3ccccc3C(=O)N2C(C)c2ccccc2)c2ccccc2n1C. The lowest BCUT2D eigenvalue weighted by molar-refractivity contribution is 0.0677. The van der Waals surface area contributed by atoms with Gasteiger partial charge in [-0.05, 0) is 37.1 Å². The molecular formula is C26H24N2O. The van der Waals surface area contributed by atoms with Crippen LogP contribution >= 0.6 is 0 Å². The van der Waals surface area contributed by atoms with Crippen LogP contribution in [-0.2, 0) is 7.05 Å². The van der Waals surface area contributed by atoms with Gasteiger partial charge in [-0.15, -0.1) is 0 Å². The largest absolute Gasteiger partial charge is 0.348 e. The third-order valence-corrected chi connectivity index (χ3v) is 6.42. The zero-order chi connectivity index (χ0) is 20.1. The van der Waals surface area contributed by atoms with Gasteiger partial charge in [0, 0.05) is 34.8 Å². The van der Waals surface area contributed by atoms with E-state index in [9.17, 15) is 4.79 Å². The molecule has 2 unspecified atom stereocenters. The van der Waals surface area contributed by atoms with E-state index >= 15 is 0 Å². The zero-order valence-electron chi connectivity index (χ0n) is 17.0. The first-order chi connectivity index (χ1) is 14.1. The van der Waals surface area contributed by atoms with Gasteiger partial charge in [-0.1, -0.05) is 66.7 Å². The Kier molecular flexibility index (Phi) is 4.06. The number of benzene rings is 3. The molecule has 1 aliphatic heterocycles. The standard InChI is InChI=1S/C26H24N2O/c1-17(19-11-5-4-6-12-19)28-25(20-13-7-8-14-21(20)26(28)29)24-18(2)27(3)23-16-10-9-15-22(23)24/h4-17,25H,1-3H3. The van der Waals surface area contributed by atoms with Gasteiger partial charge in [0.1, 0.15) is 0 Å². The van der Waals surface area contributed by atoms with Crippen LogP contribution in [0.25, 0.3) is 10.9 Å². The Bertz CT molecular complexity index is 1220. The van der Waals surface area contributed by atoms with Crippen molar-refractivity contribution in [2.24, 2.45) is 7.05 Å². The molecule has 144 valence electrons. The van der Waals surface area contributed by atoms with Crippen molar-refractivity contribution in [3.8, 4) is 0 Å². The summed E-state index contributed by atoms with van der Waals surface area (Å²) < 4.78 is 2.24.